The monoisotopic (exact) mass is 370 g/mol. The molecule has 0 radical (unpaired) electrons. The summed E-state index contributed by atoms with van der Waals surface area (Å²) in [7, 11) is 0.459. The summed E-state index contributed by atoms with van der Waals surface area (Å²) >= 11 is 0. The molecule has 0 aromatic heterocycles. The van der Waals surface area contributed by atoms with Crippen molar-refractivity contribution < 1.29 is 41.0 Å². The smallest absolute Gasteiger partial charge is 0.363 e. The van der Waals surface area contributed by atoms with Gasteiger partial charge in [-0.25, -0.2) is 4.79 Å². The fourth-order valence-electron chi connectivity index (χ4n) is 2.72. The summed E-state index contributed by atoms with van der Waals surface area (Å²) in [5.41, 5.74) is -4.52. The number of nitrogens with one attached hydrogen (secondary N) is 1. The van der Waals surface area contributed by atoms with Crippen molar-refractivity contribution in [2.45, 2.75) is 24.1 Å². The van der Waals surface area contributed by atoms with Gasteiger partial charge in [-0.3, -0.25) is 9.69 Å². The van der Waals surface area contributed by atoms with Gasteiger partial charge in [-0.2, -0.15) is 26.3 Å². The van der Waals surface area contributed by atoms with Crippen molar-refractivity contribution in [3.63, 3.8) is 0 Å². The zero-order valence-electron chi connectivity index (χ0n) is 12.5. The van der Waals surface area contributed by atoms with Crippen molar-refractivity contribution in [3.05, 3.63) is 35.9 Å². The maximum Gasteiger partial charge on any atom is 0.450 e. The van der Waals surface area contributed by atoms with Crippen molar-refractivity contribution in [2.75, 3.05) is 7.05 Å². The van der Waals surface area contributed by atoms with Crippen LogP contribution in [-0.2, 0) is 4.79 Å². The highest BCUT2D eigenvalue weighted by atomic mass is 19.4. The number of carbonyl (C=O) groups is 2. The summed E-state index contributed by atoms with van der Waals surface area (Å²) in [4.78, 5) is 23.2. The Morgan fingerprint density at radius 2 is 1.68 bits per heavy atom. The topological polar surface area (TPSA) is 69.6 Å². The molecule has 3 atom stereocenters. The third-order valence-corrected chi connectivity index (χ3v) is 4.00. The average Bonchev–Trinajstić information content (AvgIpc) is 2.50. The second-order valence-electron chi connectivity index (χ2n) is 5.46. The lowest BCUT2D eigenvalue weighted by Crippen LogP contribution is -2.73. The first kappa shape index (κ1) is 19.0. The number of hydrogen-bond acceptors (Lipinski definition) is 3. The van der Waals surface area contributed by atoms with Crippen LogP contribution in [0.3, 0.4) is 0 Å². The van der Waals surface area contributed by atoms with Crippen LogP contribution in [0.2, 0.25) is 0 Å². The van der Waals surface area contributed by atoms with Crippen molar-refractivity contribution in [2.24, 2.45) is 5.92 Å². The standard InChI is InChI=1S/C14H12F6N2O3/c1-22-11(24)21-9(7-5-3-2-4-6-7)8(10(23)13(15,16)17)12(22,25)14(18,19)20/h2-6,8-9,25H,1H3,(H,21,24)/t8-,9+,12-/m0/s1. The lowest BCUT2D eigenvalue weighted by molar-refractivity contribution is -0.328. The van der Waals surface area contributed by atoms with E-state index in [1.54, 1.807) is 0 Å². The Labute approximate surface area is 137 Å². The molecule has 0 unspecified atom stereocenters. The Morgan fingerprint density at radius 3 is 2.12 bits per heavy atom. The van der Waals surface area contributed by atoms with Crippen molar-refractivity contribution in [1.82, 2.24) is 10.2 Å². The maximum atomic E-state index is 13.4. The number of ketones is 1. The summed E-state index contributed by atoms with van der Waals surface area (Å²) in [5, 5.41) is 12.0. The van der Waals surface area contributed by atoms with Crippen LogP contribution in [0.4, 0.5) is 31.1 Å². The van der Waals surface area contributed by atoms with E-state index in [-0.39, 0.29) is 10.5 Å². The van der Waals surface area contributed by atoms with Gasteiger partial charge >= 0.3 is 18.4 Å². The number of nitrogens with zero attached hydrogens (tertiary/aromatic N) is 1. The number of halogens is 6. The van der Waals surface area contributed by atoms with Crippen LogP contribution in [0.1, 0.15) is 11.6 Å². The number of hydrogen-bond donors (Lipinski definition) is 2. The van der Waals surface area contributed by atoms with Crippen LogP contribution in [0, 0.1) is 5.92 Å². The molecule has 1 heterocycles. The van der Waals surface area contributed by atoms with Crippen LogP contribution >= 0.6 is 0 Å². The summed E-state index contributed by atoms with van der Waals surface area (Å²) in [6.07, 6.45) is -11.4. The Kier molecular flexibility index (Phi) is 4.49. The van der Waals surface area contributed by atoms with E-state index in [9.17, 15) is 41.0 Å². The SMILES string of the molecule is CN1C(=O)N[C@H](c2ccccc2)[C@@H](C(=O)C(F)(F)F)[C@]1(O)C(F)(F)F. The maximum absolute atomic E-state index is 13.4. The van der Waals surface area contributed by atoms with Gasteiger partial charge < -0.3 is 10.4 Å². The first-order valence-corrected chi connectivity index (χ1v) is 6.81. The molecule has 1 fully saturated rings. The Morgan fingerprint density at radius 1 is 1.16 bits per heavy atom. The molecule has 1 aromatic rings. The van der Waals surface area contributed by atoms with E-state index >= 15 is 0 Å². The Balaban J connectivity index is 2.70. The zero-order valence-corrected chi connectivity index (χ0v) is 12.5. The van der Waals surface area contributed by atoms with E-state index < -0.39 is 41.9 Å². The van der Waals surface area contributed by atoms with Crippen LogP contribution in [0.15, 0.2) is 30.3 Å². The third kappa shape index (κ3) is 3.03. The van der Waals surface area contributed by atoms with Gasteiger partial charge in [-0.1, -0.05) is 30.3 Å². The minimum Gasteiger partial charge on any atom is -0.363 e. The molecule has 0 spiro atoms. The van der Waals surface area contributed by atoms with Crippen molar-refractivity contribution >= 4 is 11.8 Å². The van der Waals surface area contributed by atoms with E-state index in [1.807, 2.05) is 5.32 Å². The molecule has 25 heavy (non-hydrogen) atoms. The minimum atomic E-state index is -5.71. The zero-order chi connectivity index (χ0) is 19.2. The predicted octanol–water partition coefficient (Wildman–Crippen LogP) is 2.38. The molecule has 2 N–H and O–H groups in total. The molecule has 1 aliphatic heterocycles. The lowest BCUT2D eigenvalue weighted by Gasteiger charge is -2.49. The first-order chi connectivity index (χ1) is 11.3. The van der Waals surface area contributed by atoms with Gasteiger partial charge in [-0.05, 0) is 5.56 Å². The number of alkyl halides is 6. The van der Waals surface area contributed by atoms with Crippen LogP contribution in [-0.4, -0.2) is 46.9 Å². The molecule has 0 aliphatic carbocycles. The molecule has 1 aliphatic rings. The molecule has 1 saturated heterocycles. The van der Waals surface area contributed by atoms with Gasteiger partial charge in [0.15, 0.2) is 0 Å². The molecule has 2 amide bonds. The average molecular weight is 370 g/mol. The van der Waals surface area contributed by atoms with Gasteiger partial charge in [0, 0.05) is 7.05 Å². The molecule has 0 saturated carbocycles. The van der Waals surface area contributed by atoms with E-state index in [4.69, 9.17) is 0 Å². The normalized spacial score (nSPS) is 27.8. The third-order valence-electron chi connectivity index (χ3n) is 4.00. The minimum absolute atomic E-state index is 0.186. The molecule has 5 nitrogen and oxygen atoms in total. The van der Waals surface area contributed by atoms with E-state index in [0.717, 1.165) is 12.1 Å². The largest absolute Gasteiger partial charge is 0.450 e. The quantitative estimate of drug-likeness (QED) is 0.786. The predicted molar refractivity (Wildman–Crippen MR) is 71.0 cm³/mol. The number of amides is 2. The van der Waals surface area contributed by atoms with Gasteiger partial charge in [0.05, 0.1) is 6.04 Å². The number of aliphatic hydroxyl groups is 1. The first-order valence-electron chi connectivity index (χ1n) is 6.81. The number of urea groups is 1. The van der Waals surface area contributed by atoms with Crippen molar-refractivity contribution in [3.8, 4) is 0 Å². The van der Waals surface area contributed by atoms with E-state index in [1.165, 1.54) is 18.2 Å². The van der Waals surface area contributed by atoms with Crippen LogP contribution in [0.25, 0.3) is 0 Å². The molecular formula is C14H12F6N2O3. The fourth-order valence-corrected chi connectivity index (χ4v) is 2.72. The second-order valence-corrected chi connectivity index (χ2v) is 5.46. The van der Waals surface area contributed by atoms with E-state index in [2.05, 4.69) is 0 Å². The lowest BCUT2D eigenvalue weighted by atomic mass is 9.78. The molecule has 0 bridgehead atoms. The fraction of sp³-hybridized carbons (Fsp3) is 0.429. The molecule has 2 rings (SSSR count). The van der Waals surface area contributed by atoms with E-state index in [0.29, 0.717) is 7.05 Å². The molecule has 1 aromatic carbocycles. The number of carbonyl (C=O) groups excluding carboxylic acids is 2. The van der Waals surface area contributed by atoms with Crippen molar-refractivity contribution in [1.29, 1.82) is 0 Å². The van der Waals surface area contributed by atoms with Crippen LogP contribution < -0.4 is 5.32 Å². The highest BCUT2D eigenvalue weighted by molar-refractivity contribution is 5.91. The summed E-state index contributed by atoms with van der Waals surface area (Å²) in [6.45, 7) is 0. The Hall–Kier alpha value is -2.30. The Bertz CT molecular complexity index is 675. The molecule has 138 valence electrons. The molecule has 11 heteroatoms. The number of rotatable bonds is 2. The van der Waals surface area contributed by atoms with Crippen LogP contribution in [0.5, 0.6) is 0 Å². The highest BCUT2D eigenvalue weighted by Crippen LogP contribution is 2.48. The van der Waals surface area contributed by atoms with Gasteiger partial charge in [-0.15, -0.1) is 0 Å². The summed E-state index contributed by atoms with van der Waals surface area (Å²) in [6, 6.07) is 2.85. The number of benzene rings is 1. The molecular weight excluding hydrogens is 358 g/mol. The highest BCUT2D eigenvalue weighted by Gasteiger charge is 2.71. The number of Topliss-reactive ketones (excluding diaryl/α,β-unsaturated/α-hetero) is 1. The second kappa shape index (κ2) is 5.90. The van der Waals surface area contributed by atoms with Gasteiger partial charge in [0.2, 0.25) is 5.78 Å². The van der Waals surface area contributed by atoms with Gasteiger partial charge in [0.1, 0.15) is 5.92 Å². The summed E-state index contributed by atoms with van der Waals surface area (Å²) in [5.74, 6) is -5.84. The van der Waals surface area contributed by atoms with Gasteiger partial charge in [0.25, 0.3) is 5.72 Å². The summed E-state index contributed by atoms with van der Waals surface area (Å²) < 4.78 is 79.1.